The van der Waals surface area contributed by atoms with E-state index >= 15 is 0 Å². The van der Waals surface area contributed by atoms with Gasteiger partial charge < -0.3 is 15.4 Å². The number of nitrogens with one attached hydrogen (secondary N) is 2. The molecule has 0 spiro atoms. The van der Waals surface area contributed by atoms with E-state index in [0.29, 0.717) is 12.8 Å². The van der Waals surface area contributed by atoms with E-state index in [2.05, 4.69) is 10.6 Å². The minimum atomic E-state index is -0.908. The highest BCUT2D eigenvalue weighted by molar-refractivity contribution is 6.30. The van der Waals surface area contributed by atoms with Gasteiger partial charge in [0.2, 0.25) is 5.91 Å². The predicted octanol–water partition coefficient (Wildman–Crippen LogP) is 3.96. The van der Waals surface area contributed by atoms with Crippen molar-refractivity contribution in [2.24, 2.45) is 11.3 Å². The summed E-state index contributed by atoms with van der Waals surface area (Å²) in [5, 5.41) is 5.10. The average Bonchev–Trinajstić information content (AvgIpc) is 2.52. The number of hydrogen-bond acceptors (Lipinski definition) is 3. The van der Waals surface area contributed by atoms with Gasteiger partial charge in [0.05, 0.1) is 17.7 Å². The van der Waals surface area contributed by atoms with E-state index in [1.165, 1.54) is 0 Å². The quantitative estimate of drug-likeness (QED) is 0.770. The molecule has 1 aromatic rings. The Kier molecular flexibility index (Phi) is 6.44. The summed E-state index contributed by atoms with van der Waals surface area (Å²) in [5.41, 5.74) is -0.914. The maximum absolute atomic E-state index is 14.5. The molecule has 2 atom stereocenters. The molecule has 1 fully saturated rings. The van der Waals surface area contributed by atoms with Gasteiger partial charge in [-0.3, -0.25) is 4.79 Å². The van der Waals surface area contributed by atoms with Crippen LogP contribution in [-0.2, 0) is 9.53 Å². The first-order chi connectivity index (χ1) is 12.1. The molecule has 0 aliphatic carbocycles. The van der Waals surface area contributed by atoms with Gasteiger partial charge in [-0.2, -0.15) is 0 Å². The Balaban J connectivity index is 2.25. The first-order valence-corrected chi connectivity index (χ1v) is 8.83. The van der Waals surface area contributed by atoms with Crippen molar-refractivity contribution in [2.45, 2.75) is 39.7 Å². The topological polar surface area (TPSA) is 67.4 Å². The van der Waals surface area contributed by atoms with Crippen LogP contribution in [0.25, 0.3) is 0 Å². The number of rotatable bonds is 3. The fourth-order valence-electron chi connectivity index (χ4n) is 2.89. The van der Waals surface area contributed by atoms with Crippen LogP contribution in [-0.4, -0.2) is 25.2 Å². The van der Waals surface area contributed by atoms with Gasteiger partial charge in [-0.25, -0.2) is 13.6 Å². The second kappa shape index (κ2) is 8.20. The van der Waals surface area contributed by atoms with E-state index < -0.39 is 35.1 Å². The van der Waals surface area contributed by atoms with E-state index in [1.807, 2.05) is 0 Å². The lowest BCUT2D eigenvalue weighted by atomic mass is 9.81. The third-order valence-corrected chi connectivity index (χ3v) is 4.65. The van der Waals surface area contributed by atoms with E-state index in [1.54, 1.807) is 20.8 Å². The zero-order chi connectivity index (χ0) is 19.5. The van der Waals surface area contributed by atoms with Crippen molar-refractivity contribution in [3.05, 3.63) is 34.4 Å². The number of cyclic esters (lactones) is 1. The lowest BCUT2D eigenvalue weighted by Gasteiger charge is -2.34. The predicted molar refractivity (Wildman–Crippen MR) is 93.8 cm³/mol. The van der Waals surface area contributed by atoms with Crippen molar-refractivity contribution < 1.29 is 23.1 Å². The van der Waals surface area contributed by atoms with E-state index in [0.717, 1.165) is 12.1 Å². The zero-order valence-electron chi connectivity index (χ0n) is 15.0. The van der Waals surface area contributed by atoms with Crippen molar-refractivity contribution in [1.29, 1.82) is 0 Å². The molecule has 5 nitrogen and oxygen atoms in total. The molecule has 1 heterocycles. The van der Waals surface area contributed by atoms with E-state index in [9.17, 15) is 18.4 Å². The van der Waals surface area contributed by atoms with Gasteiger partial charge in [0, 0.05) is 18.0 Å². The van der Waals surface area contributed by atoms with Crippen LogP contribution in [0.1, 0.15) is 45.2 Å². The molecule has 8 heteroatoms. The number of halogens is 3. The summed E-state index contributed by atoms with van der Waals surface area (Å²) in [6.07, 6.45) is 0.245. The second-order valence-corrected chi connectivity index (χ2v) is 7.81. The van der Waals surface area contributed by atoms with Gasteiger partial charge in [0.1, 0.15) is 11.6 Å². The Bertz CT molecular complexity index is 680. The first kappa shape index (κ1) is 20.4. The summed E-state index contributed by atoms with van der Waals surface area (Å²) in [7, 11) is 0. The molecular formula is C18H23ClF2N2O3. The van der Waals surface area contributed by atoms with Crippen LogP contribution >= 0.6 is 11.6 Å². The number of alkyl carbamates (subject to hydrolysis) is 1. The summed E-state index contributed by atoms with van der Waals surface area (Å²) >= 11 is 5.81. The van der Waals surface area contributed by atoms with Crippen LogP contribution < -0.4 is 10.6 Å². The fraction of sp³-hybridized carbons (Fsp3) is 0.556. The molecule has 26 heavy (non-hydrogen) atoms. The Morgan fingerprint density at radius 3 is 2.69 bits per heavy atom. The molecule has 0 saturated carbocycles. The van der Waals surface area contributed by atoms with Crippen molar-refractivity contribution in [2.75, 3.05) is 13.2 Å². The normalized spacial score (nSPS) is 19.6. The minimum Gasteiger partial charge on any atom is -0.450 e. The molecule has 0 unspecified atom stereocenters. The molecule has 1 aromatic carbocycles. The summed E-state index contributed by atoms with van der Waals surface area (Å²) in [4.78, 5) is 23.9. The Morgan fingerprint density at radius 1 is 1.35 bits per heavy atom. The first-order valence-electron chi connectivity index (χ1n) is 8.45. The van der Waals surface area contributed by atoms with Crippen LogP contribution in [0.4, 0.5) is 13.6 Å². The summed E-state index contributed by atoms with van der Waals surface area (Å²) in [5.74, 6) is -2.42. The molecule has 2 N–H and O–H groups in total. The third kappa shape index (κ3) is 4.84. The highest BCUT2D eigenvalue weighted by atomic mass is 35.5. The van der Waals surface area contributed by atoms with Crippen LogP contribution in [0, 0.1) is 23.0 Å². The third-order valence-electron chi connectivity index (χ3n) is 4.35. The average molecular weight is 389 g/mol. The largest absolute Gasteiger partial charge is 0.450 e. The number of ether oxygens (including phenoxy) is 1. The smallest absolute Gasteiger partial charge is 0.407 e. The summed E-state index contributed by atoms with van der Waals surface area (Å²) < 4.78 is 33.8. The lowest BCUT2D eigenvalue weighted by molar-refractivity contribution is -0.127. The molecule has 2 amide bonds. The fourth-order valence-corrected chi connectivity index (χ4v) is 3.05. The van der Waals surface area contributed by atoms with Crippen molar-refractivity contribution in [3.63, 3.8) is 0 Å². The number of carbonyl (C=O) groups is 2. The van der Waals surface area contributed by atoms with Crippen LogP contribution in [0.15, 0.2) is 12.1 Å². The minimum absolute atomic E-state index is 0.101. The standard InChI is InChI=1S/C18H23ClF2N2O3/c1-18(2,3)15(13-12(20)5-4-11(19)14(13)21)23-16(24)10-6-8-22-17(25)26-9-7-10/h4-5,10,15H,6-9H2,1-3H3,(H,22,25)(H,23,24)/t10-,15-/m1/s1. The van der Waals surface area contributed by atoms with Gasteiger partial charge in [0.15, 0.2) is 0 Å². The molecule has 1 aliphatic heterocycles. The molecule has 0 bridgehead atoms. The highest BCUT2D eigenvalue weighted by Crippen LogP contribution is 2.37. The zero-order valence-corrected chi connectivity index (χ0v) is 15.8. The van der Waals surface area contributed by atoms with E-state index in [4.69, 9.17) is 16.3 Å². The summed E-state index contributed by atoms with van der Waals surface area (Å²) in [6.45, 7) is 5.72. The highest BCUT2D eigenvalue weighted by Gasteiger charge is 2.35. The molecule has 1 saturated heterocycles. The van der Waals surface area contributed by atoms with Crippen molar-refractivity contribution >= 4 is 23.6 Å². The van der Waals surface area contributed by atoms with Crippen LogP contribution in [0.5, 0.6) is 0 Å². The van der Waals surface area contributed by atoms with Gasteiger partial charge in [0.25, 0.3) is 0 Å². The molecular weight excluding hydrogens is 366 g/mol. The van der Waals surface area contributed by atoms with E-state index in [-0.39, 0.29) is 29.6 Å². The Labute approximate surface area is 156 Å². The Morgan fingerprint density at radius 2 is 2.04 bits per heavy atom. The summed E-state index contributed by atoms with van der Waals surface area (Å²) in [6, 6.07) is 1.33. The second-order valence-electron chi connectivity index (χ2n) is 7.40. The van der Waals surface area contributed by atoms with Crippen molar-refractivity contribution in [1.82, 2.24) is 10.6 Å². The molecule has 0 radical (unpaired) electrons. The van der Waals surface area contributed by atoms with Crippen molar-refractivity contribution in [3.8, 4) is 0 Å². The Hall–Kier alpha value is -1.89. The van der Waals surface area contributed by atoms with Gasteiger partial charge in [-0.1, -0.05) is 32.4 Å². The van der Waals surface area contributed by atoms with Gasteiger partial charge in [-0.05, 0) is 30.4 Å². The van der Waals surface area contributed by atoms with Gasteiger partial charge in [-0.15, -0.1) is 0 Å². The number of benzene rings is 1. The SMILES string of the molecule is CC(C)(C)[C@H](NC(=O)[C@@H]1CCNC(=O)OCC1)c1c(F)ccc(Cl)c1F. The number of amides is 2. The molecule has 2 rings (SSSR count). The number of hydrogen-bond donors (Lipinski definition) is 2. The lowest BCUT2D eigenvalue weighted by Crippen LogP contribution is -2.43. The monoisotopic (exact) mass is 388 g/mol. The molecule has 1 aliphatic rings. The maximum atomic E-state index is 14.5. The maximum Gasteiger partial charge on any atom is 0.407 e. The van der Waals surface area contributed by atoms with Gasteiger partial charge >= 0.3 is 6.09 Å². The number of carbonyl (C=O) groups excluding carboxylic acids is 2. The van der Waals surface area contributed by atoms with Crippen LogP contribution in [0.2, 0.25) is 5.02 Å². The molecule has 0 aromatic heterocycles. The molecule has 144 valence electrons. The van der Waals surface area contributed by atoms with Crippen LogP contribution in [0.3, 0.4) is 0 Å².